The van der Waals surface area contributed by atoms with Gasteiger partial charge in [-0.05, 0) is 31.2 Å². The number of fused-ring (bicyclic) bond motifs is 1. The second kappa shape index (κ2) is 6.79. The van der Waals surface area contributed by atoms with Crippen molar-refractivity contribution in [1.82, 2.24) is 9.55 Å². The minimum Gasteiger partial charge on any atom is -0.492 e. The van der Waals surface area contributed by atoms with Crippen LogP contribution in [-0.2, 0) is 4.74 Å². The molecule has 2 aromatic carbocycles. The van der Waals surface area contributed by atoms with Gasteiger partial charge in [0.25, 0.3) is 5.56 Å². The maximum atomic E-state index is 13.4. The van der Waals surface area contributed by atoms with E-state index in [0.717, 1.165) is 5.69 Å². The Morgan fingerprint density at radius 1 is 1.22 bits per heavy atom. The van der Waals surface area contributed by atoms with Crippen LogP contribution in [0.1, 0.15) is 25.7 Å². The van der Waals surface area contributed by atoms with Crippen LogP contribution in [0.25, 0.3) is 16.6 Å². The maximum Gasteiger partial charge on any atom is 0.269 e. The number of aromatic nitrogens is 2. The number of hydrogen-bond acceptors (Lipinski definition) is 5. The Morgan fingerprint density at radius 2 is 1.96 bits per heavy atom. The standard InChI is InChI=1S/C21H23N3O3/c1-14(22)19-23-16-9-6-10-17(27-13-21(2)11-26-12-21)18(16)20(25)24(19)15-7-4-3-5-8-15/h3-10,14H,11-13,22H2,1-2H3. The van der Waals surface area contributed by atoms with Crippen molar-refractivity contribution in [2.24, 2.45) is 11.1 Å². The second-order valence-electron chi connectivity index (χ2n) is 7.48. The lowest BCUT2D eigenvalue weighted by atomic mass is 9.90. The third-order valence-electron chi connectivity index (χ3n) is 4.78. The molecule has 1 aliphatic heterocycles. The van der Waals surface area contributed by atoms with Gasteiger partial charge in [-0.3, -0.25) is 9.36 Å². The van der Waals surface area contributed by atoms with E-state index in [2.05, 4.69) is 11.9 Å². The van der Waals surface area contributed by atoms with Crippen molar-refractivity contribution in [3.05, 3.63) is 64.7 Å². The van der Waals surface area contributed by atoms with Crippen LogP contribution in [0.4, 0.5) is 0 Å². The first-order valence-corrected chi connectivity index (χ1v) is 9.06. The molecule has 6 heteroatoms. The van der Waals surface area contributed by atoms with E-state index >= 15 is 0 Å². The number of rotatable bonds is 5. The molecule has 6 nitrogen and oxygen atoms in total. The molecule has 1 aromatic heterocycles. The Bertz CT molecular complexity index is 1020. The summed E-state index contributed by atoms with van der Waals surface area (Å²) in [7, 11) is 0. The zero-order valence-corrected chi connectivity index (χ0v) is 15.5. The van der Waals surface area contributed by atoms with Crippen molar-refractivity contribution in [1.29, 1.82) is 0 Å². The zero-order chi connectivity index (χ0) is 19.0. The Hall–Kier alpha value is -2.70. The average molecular weight is 365 g/mol. The summed E-state index contributed by atoms with van der Waals surface area (Å²) < 4.78 is 12.9. The fourth-order valence-corrected chi connectivity index (χ4v) is 3.26. The Kier molecular flexibility index (Phi) is 4.45. The van der Waals surface area contributed by atoms with Gasteiger partial charge in [0.15, 0.2) is 0 Å². The molecule has 3 aromatic rings. The fourth-order valence-electron chi connectivity index (χ4n) is 3.26. The Balaban J connectivity index is 1.88. The number of hydrogen-bond donors (Lipinski definition) is 1. The fraction of sp³-hybridized carbons (Fsp3) is 0.333. The molecule has 1 unspecified atom stereocenters. The van der Waals surface area contributed by atoms with Crippen LogP contribution in [0.15, 0.2) is 53.3 Å². The Morgan fingerprint density at radius 3 is 2.59 bits per heavy atom. The number of para-hydroxylation sites is 1. The van der Waals surface area contributed by atoms with E-state index in [1.54, 1.807) is 4.57 Å². The molecule has 1 atom stereocenters. The van der Waals surface area contributed by atoms with E-state index in [9.17, 15) is 4.79 Å². The van der Waals surface area contributed by atoms with Crippen LogP contribution in [0.5, 0.6) is 5.75 Å². The summed E-state index contributed by atoms with van der Waals surface area (Å²) in [5.74, 6) is 1.06. The number of nitrogens with two attached hydrogens (primary N) is 1. The number of nitrogens with zero attached hydrogens (tertiary/aromatic N) is 2. The Labute approximate surface area is 157 Å². The summed E-state index contributed by atoms with van der Waals surface area (Å²) in [6.07, 6.45) is 0. The van der Waals surface area contributed by atoms with Crippen LogP contribution in [0.2, 0.25) is 0 Å². The molecule has 1 saturated heterocycles. The van der Waals surface area contributed by atoms with Crippen LogP contribution < -0.4 is 16.0 Å². The largest absolute Gasteiger partial charge is 0.492 e. The van der Waals surface area contributed by atoms with Gasteiger partial charge in [0, 0.05) is 5.41 Å². The molecule has 1 aliphatic rings. The molecule has 140 valence electrons. The molecule has 27 heavy (non-hydrogen) atoms. The van der Waals surface area contributed by atoms with E-state index in [4.69, 9.17) is 15.2 Å². The van der Waals surface area contributed by atoms with Gasteiger partial charge in [-0.1, -0.05) is 31.2 Å². The van der Waals surface area contributed by atoms with E-state index in [0.29, 0.717) is 42.3 Å². The lowest BCUT2D eigenvalue weighted by Crippen LogP contribution is -2.44. The van der Waals surface area contributed by atoms with Crippen LogP contribution >= 0.6 is 0 Å². The first-order chi connectivity index (χ1) is 13.0. The third-order valence-corrected chi connectivity index (χ3v) is 4.78. The summed E-state index contributed by atoms with van der Waals surface area (Å²) in [5, 5.41) is 0.467. The van der Waals surface area contributed by atoms with Crippen LogP contribution in [0.3, 0.4) is 0 Å². The van der Waals surface area contributed by atoms with Gasteiger partial charge in [-0.2, -0.15) is 0 Å². The molecule has 2 N–H and O–H groups in total. The highest BCUT2D eigenvalue weighted by Crippen LogP contribution is 2.30. The summed E-state index contributed by atoms with van der Waals surface area (Å²) in [4.78, 5) is 18.1. The first-order valence-electron chi connectivity index (χ1n) is 9.06. The normalized spacial score (nSPS) is 16.7. The van der Waals surface area contributed by atoms with Gasteiger partial charge in [0.05, 0.1) is 37.1 Å². The van der Waals surface area contributed by atoms with Crippen LogP contribution in [-0.4, -0.2) is 29.4 Å². The van der Waals surface area contributed by atoms with Gasteiger partial charge in [-0.25, -0.2) is 4.98 Å². The van der Waals surface area contributed by atoms with Gasteiger partial charge >= 0.3 is 0 Å². The van der Waals surface area contributed by atoms with E-state index in [1.165, 1.54) is 0 Å². The molecule has 0 saturated carbocycles. The van der Waals surface area contributed by atoms with Gasteiger partial charge in [0.1, 0.15) is 17.0 Å². The monoisotopic (exact) mass is 365 g/mol. The molecule has 0 radical (unpaired) electrons. The average Bonchev–Trinajstić information content (AvgIpc) is 2.65. The highest BCUT2D eigenvalue weighted by molar-refractivity contribution is 5.84. The summed E-state index contributed by atoms with van der Waals surface area (Å²) in [5.41, 5.74) is 7.26. The van der Waals surface area contributed by atoms with Gasteiger partial charge < -0.3 is 15.2 Å². The van der Waals surface area contributed by atoms with Crippen molar-refractivity contribution in [3.8, 4) is 11.4 Å². The lowest BCUT2D eigenvalue weighted by Gasteiger charge is -2.37. The lowest BCUT2D eigenvalue weighted by molar-refractivity contribution is -0.120. The summed E-state index contributed by atoms with van der Waals surface area (Å²) >= 11 is 0. The number of benzene rings is 2. The number of ether oxygens (including phenoxy) is 2. The molecule has 1 fully saturated rings. The minimum atomic E-state index is -0.391. The van der Waals surface area contributed by atoms with Crippen molar-refractivity contribution < 1.29 is 9.47 Å². The molecule has 0 amide bonds. The second-order valence-corrected chi connectivity index (χ2v) is 7.48. The van der Waals surface area contributed by atoms with Crippen molar-refractivity contribution in [2.75, 3.05) is 19.8 Å². The molecule has 4 rings (SSSR count). The molecule has 2 heterocycles. The molecule has 0 spiro atoms. The van der Waals surface area contributed by atoms with Crippen LogP contribution in [0, 0.1) is 5.41 Å². The molecule has 0 bridgehead atoms. The van der Waals surface area contributed by atoms with Crippen molar-refractivity contribution >= 4 is 10.9 Å². The third kappa shape index (κ3) is 3.22. The SMILES string of the molecule is CC(N)c1nc2cccc(OCC3(C)COC3)c2c(=O)n1-c1ccccc1. The predicted molar refractivity (Wildman–Crippen MR) is 104 cm³/mol. The van der Waals surface area contributed by atoms with Crippen molar-refractivity contribution in [3.63, 3.8) is 0 Å². The van der Waals surface area contributed by atoms with Crippen molar-refractivity contribution in [2.45, 2.75) is 19.9 Å². The van der Waals surface area contributed by atoms with E-state index in [-0.39, 0.29) is 11.0 Å². The van der Waals surface area contributed by atoms with Gasteiger partial charge in [0.2, 0.25) is 0 Å². The zero-order valence-electron chi connectivity index (χ0n) is 15.5. The highest BCUT2D eigenvalue weighted by atomic mass is 16.5. The molecular formula is C21H23N3O3. The van der Waals surface area contributed by atoms with Gasteiger partial charge in [-0.15, -0.1) is 0 Å². The minimum absolute atomic E-state index is 0.0141. The molecule has 0 aliphatic carbocycles. The van der Waals surface area contributed by atoms with E-state index < -0.39 is 6.04 Å². The topological polar surface area (TPSA) is 79.4 Å². The smallest absolute Gasteiger partial charge is 0.269 e. The maximum absolute atomic E-state index is 13.4. The highest BCUT2D eigenvalue weighted by Gasteiger charge is 2.34. The molecular weight excluding hydrogens is 342 g/mol. The quantitative estimate of drug-likeness (QED) is 0.752. The summed E-state index contributed by atoms with van der Waals surface area (Å²) in [6.45, 7) is 5.76. The summed E-state index contributed by atoms with van der Waals surface area (Å²) in [6, 6.07) is 14.5. The van der Waals surface area contributed by atoms with E-state index in [1.807, 2.05) is 55.5 Å². The predicted octanol–water partition coefficient (Wildman–Crippen LogP) is 2.82. The first kappa shape index (κ1) is 17.7.